The van der Waals surface area contributed by atoms with Crippen LogP contribution in [0.3, 0.4) is 0 Å². The molecule has 4 nitrogen and oxygen atoms in total. The zero-order valence-electron chi connectivity index (χ0n) is 16.3. The van der Waals surface area contributed by atoms with Gasteiger partial charge >= 0.3 is 0 Å². The van der Waals surface area contributed by atoms with Crippen molar-refractivity contribution in [1.82, 2.24) is 0 Å². The van der Waals surface area contributed by atoms with Crippen molar-refractivity contribution in [2.45, 2.75) is 11.8 Å². The number of methoxy groups -OCH3 is 2. The minimum atomic E-state index is -0.404. The van der Waals surface area contributed by atoms with Crippen molar-refractivity contribution in [3.05, 3.63) is 88.4 Å². The minimum absolute atomic E-state index is 0.00809. The molecule has 3 aromatic carbocycles. The second-order valence-corrected chi connectivity index (χ2v) is 8.11. The Morgan fingerprint density at radius 3 is 2.07 bits per heavy atom. The Morgan fingerprint density at radius 1 is 0.931 bits per heavy atom. The number of anilines is 1. The second kappa shape index (κ2) is 7.91. The first kappa shape index (κ1) is 19.5. The number of benzene rings is 3. The molecule has 0 radical (unpaired) electrons. The monoisotopic (exact) mass is 451 g/mol. The number of nitrogens with one attached hydrogen (secondary N) is 1. The van der Waals surface area contributed by atoms with E-state index in [1.807, 2.05) is 60.7 Å². The highest BCUT2D eigenvalue weighted by molar-refractivity contribution is 9.10. The standard InChI is InChI=1S/C24H22BrNO3/c1-28-20-10-3-6-16(12-20)24(17-7-4-11-21(13-17)29-2)15-22(24)23(27)26-19-9-5-8-18(25)14-19/h3-14,22H,15H2,1-2H3,(H,26,27)/t22-/m1/s1. The first-order chi connectivity index (χ1) is 14.1. The third kappa shape index (κ3) is 3.75. The average Bonchev–Trinajstić information content (AvgIpc) is 3.51. The molecular formula is C24H22BrNO3. The van der Waals surface area contributed by atoms with Gasteiger partial charge in [-0.1, -0.05) is 46.3 Å². The van der Waals surface area contributed by atoms with Gasteiger partial charge in [0.05, 0.1) is 20.1 Å². The largest absolute Gasteiger partial charge is 0.497 e. The Kier molecular flexibility index (Phi) is 5.33. The highest BCUT2D eigenvalue weighted by Gasteiger charge is 2.60. The molecule has 3 aromatic rings. The van der Waals surface area contributed by atoms with Crippen LogP contribution in [0.5, 0.6) is 11.5 Å². The molecule has 1 amide bonds. The summed E-state index contributed by atoms with van der Waals surface area (Å²) in [6.45, 7) is 0. The molecule has 0 unspecified atom stereocenters. The van der Waals surface area contributed by atoms with E-state index in [1.165, 1.54) is 0 Å². The Bertz CT molecular complexity index is 1000. The summed E-state index contributed by atoms with van der Waals surface area (Å²) in [5.41, 5.74) is 2.51. The lowest BCUT2D eigenvalue weighted by Crippen LogP contribution is -2.22. The lowest BCUT2D eigenvalue weighted by atomic mass is 9.85. The van der Waals surface area contributed by atoms with E-state index < -0.39 is 5.41 Å². The molecule has 0 aromatic heterocycles. The van der Waals surface area contributed by atoms with Crippen LogP contribution in [0.2, 0.25) is 0 Å². The van der Waals surface area contributed by atoms with Gasteiger partial charge in [-0.3, -0.25) is 4.79 Å². The van der Waals surface area contributed by atoms with Crippen molar-refractivity contribution < 1.29 is 14.3 Å². The van der Waals surface area contributed by atoms with Gasteiger partial charge in [0, 0.05) is 15.6 Å². The highest BCUT2D eigenvalue weighted by atomic mass is 79.9. The van der Waals surface area contributed by atoms with E-state index in [-0.39, 0.29) is 11.8 Å². The van der Waals surface area contributed by atoms with Gasteiger partial charge < -0.3 is 14.8 Å². The summed E-state index contributed by atoms with van der Waals surface area (Å²) in [6.07, 6.45) is 0.729. The lowest BCUT2D eigenvalue weighted by Gasteiger charge is -2.20. The summed E-state index contributed by atoms with van der Waals surface area (Å²) in [6, 6.07) is 23.6. The molecule has 0 aliphatic heterocycles. The zero-order chi connectivity index (χ0) is 20.4. The fourth-order valence-corrected chi connectivity index (χ4v) is 4.38. The number of hydrogen-bond acceptors (Lipinski definition) is 3. The summed E-state index contributed by atoms with van der Waals surface area (Å²) < 4.78 is 11.8. The third-order valence-corrected chi connectivity index (χ3v) is 6.03. The van der Waals surface area contributed by atoms with Crippen LogP contribution in [-0.4, -0.2) is 20.1 Å². The van der Waals surface area contributed by atoms with Crippen LogP contribution in [0.25, 0.3) is 0 Å². The van der Waals surface area contributed by atoms with Crippen molar-refractivity contribution >= 4 is 27.5 Å². The molecule has 1 atom stereocenters. The number of amides is 1. The van der Waals surface area contributed by atoms with Crippen LogP contribution in [0.1, 0.15) is 17.5 Å². The van der Waals surface area contributed by atoms with E-state index >= 15 is 0 Å². The summed E-state index contributed by atoms with van der Waals surface area (Å²) in [7, 11) is 3.31. The number of carbonyl (C=O) groups is 1. The van der Waals surface area contributed by atoms with Crippen molar-refractivity contribution in [3.63, 3.8) is 0 Å². The normalized spacial score (nSPS) is 16.7. The van der Waals surface area contributed by atoms with Crippen molar-refractivity contribution in [1.29, 1.82) is 0 Å². The van der Waals surface area contributed by atoms with E-state index in [2.05, 4.69) is 33.4 Å². The predicted molar refractivity (Wildman–Crippen MR) is 118 cm³/mol. The summed E-state index contributed by atoms with van der Waals surface area (Å²) in [5, 5.41) is 3.06. The maximum Gasteiger partial charge on any atom is 0.228 e. The van der Waals surface area contributed by atoms with Crippen molar-refractivity contribution in [2.24, 2.45) is 5.92 Å². The Labute approximate surface area is 179 Å². The maximum atomic E-state index is 13.2. The molecule has 0 heterocycles. The molecule has 1 aliphatic rings. The quantitative estimate of drug-likeness (QED) is 0.544. The molecule has 29 heavy (non-hydrogen) atoms. The summed E-state index contributed by atoms with van der Waals surface area (Å²) in [4.78, 5) is 13.2. The van der Waals surface area contributed by atoms with Gasteiger partial charge in [-0.15, -0.1) is 0 Å². The first-order valence-electron chi connectivity index (χ1n) is 9.42. The molecule has 1 aliphatic carbocycles. The van der Waals surface area contributed by atoms with Gasteiger partial charge in [-0.2, -0.15) is 0 Å². The van der Waals surface area contributed by atoms with Crippen LogP contribution in [-0.2, 0) is 10.2 Å². The molecule has 5 heteroatoms. The predicted octanol–water partition coefficient (Wildman–Crippen LogP) is 5.41. The maximum absolute atomic E-state index is 13.2. The fourth-order valence-electron chi connectivity index (χ4n) is 3.98. The molecule has 0 spiro atoms. The number of halogens is 1. The van der Waals surface area contributed by atoms with E-state index in [0.717, 1.165) is 39.2 Å². The van der Waals surface area contributed by atoms with E-state index in [1.54, 1.807) is 14.2 Å². The second-order valence-electron chi connectivity index (χ2n) is 7.19. The smallest absolute Gasteiger partial charge is 0.228 e. The molecule has 148 valence electrons. The Morgan fingerprint density at radius 2 is 1.52 bits per heavy atom. The molecule has 0 bridgehead atoms. The number of hydrogen-bond donors (Lipinski definition) is 1. The molecule has 1 fully saturated rings. The third-order valence-electron chi connectivity index (χ3n) is 5.54. The molecule has 1 N–H and O–H groups in total. The van der Waals surface area contributed by atoms with Crippen molar-refractivity contribution in [3.8, 4) is 11.5 Å². The SMILES string of the molecule is COc1cccc(C2(c3cccc(OC)c3)C[C@@H]2C(=O)Nc2cccc(Br)c2)c1. The molecule has 1 saturated carbocycles. The molecule has 0 saturated heterocycles. The minimum Gasteiger partial charge on any atom is -0.497 e. The first-order valence-corrected chi connectivity index (χ1v) is 10.2. The fraction of sp³-hybridized carbons (Fsp3) is 0.208. The zero-order valence-corrected chi connectivity index (χ0v) is 17.9. The van der Waals surface area contributed by atoms with Crippen LogP contribution >= 0.6 is 15.9 Å². The number of carbonyl (C=O) groups excluding carboxylic acids is 1. The lowest BCUT2D eigenvalue weighted by molar-refractivity contribution is -0.117. The van der Waals surface area contributed by atoms with Gasteiger partial charge in [0.1, 0.15) is 11.5 Å². The van der Waals surface area contributed by atoms with Gasteiger partial charge in [-0.05, 0) is 60.0 Å². The van der Waals surface area contributed by atoms with Gasteiger partial charge in [0.25, 0.3) is 0 Å². The van der Waals surface area contributed by atoms with Crippen LogP contribution in [0.4, 0.5) is 5.69 Å². The van der Waals surface area contributed by atoms with Crippen LogP contribution < -0.4 is 14.8 Å². The summed E-state index contributed by atoms with van der Waals surface area (Å²) in [5.74, 6) is 1.39. The number of rotatable bonds is 6. The van der Waals surface area contributed by atoms with E-state index in [9.17, 15) is 4.79 Å². The highest BCUT2D eigenvalue weighted by Crippen LogP contribution is 2.60. The molecule has 4 rings (SSSR count). The van der Waals surface area contributed by atoms with Gasteiger partial charge in [-0.25, -0.2) is 0 Å². The van der Waals surface area contributed by atoms with Crippen LogP contribution in [0, 0.1) is 5.92 Å². The average molecular weight is 452 g/mol. The van der Waals surface area contributed by atoms with Gasteiger partial charge in [0.15, 0.2) is 0 Å². The van der Waals surface area contributed by atoms with Gasteiger partial charge in [0.2, 0.25) is 5.91 Å². The Balaban J connectivity index is 1.71. The topological polar surface area (TPSA) is 47.6 Å². The van der Waals surface area contributed by atoms with E-state index in [4.69, 9.17) is 9.47 Å². The molecular weight excluding hydrogens is 430 g/mol. The summed E-state index contributed by atoms with van der Waals surface area (Å²) >= 11 is 3.45. The number of ether oxygens (including phenoxy) is 2. The Hall–Kier alpha value is -2.79. The van der Waals surface area contributed by atoms with E-state index in [0.29, 0.717) is 0 Å². The van der Waals surface area contributed by atoms with Crippen LogP contribution in [0.15, 0.2) is 77.3 Å². The van der Waals surface area contributed by atoms with Crippen molar-refractivity contribution in [2.75, 3.05) is 19.5 Å².